The molecule has 3 aromatic rings. The molecule has 3 heterocycles. The van der Waals surface area contributed by atoms with Crippen molar-refractivity contribution in [2.75, 3.05) is 22.9 Å². The number of rotatable bonds is 7. The number of hydrogen-bond donors (Lipinski definition) is 0. The number of carbonyl (C=O) groups is 1. The second-order valence-corrected chi connectivity index (χ2v) is 11.7. The van der Waals surface area contributed by atoms with Gasteiger partial charge < -0.3 is 9.80 Å². The average Bonchev–Trinajstić information content (AvgIpc) is 3.66. The number of nitrogens with zero attached hydrogens (tertiary/aromatic N) is 5. The Bertz CT molecular complexity index is 1380. The highest BCUT2D eigenvalue weighted by Gasteiger charge is 2.43. The highest BCUT2D eigenvalue weighted by Crippen LogP contribution is 2.44. The number of para-hydroxylation sites is 1. The number of urea groups is 1. The van der Waals surface area contributed by atoms with Gasteiger partial charge in [-0.3, -0.25) is 9.58 Å². The average molecular weight is 552 g/mol. The Kier molecular flexibility index (Phi) is 6.79. The Balaban J connectivity index is 1.30. The summed E-state index contributed by atoms with van der Waals surface area (Å²) in [5.74, 6) is -2.65. The molecule has 0 unspecified atom stereocenters. The number of amides is 2. The van der Waals surface area contributed by atoms with Gasteiger partial charge in [0.25, 0.3) is 5.92 Å². The molecule has 1 aromatic heterocycles. The predicted octanol–water partition coefficient (Wildman–Crippen LogP) is 7.04. The molecule has 3 aliphatic rings. The number of carbonyl (C=O) groups excluding carboxylic acids is 1. The van der Waals surface area contributed by atoms with Gasteiger partial charge in [0.15, 0.2) is 0 Å². The second kappa shape index (κ2) is 10.2. The molecular weight excluding hydrogens is 515 g/mol. The molecule has 1 saturated carbocycles. The molecule has 2 aliphatic heterocycles. The van der Waals surface area contributed by atoms with Crippen LogP contribution in [0.1, 0.15) is 73.9 Å². The minimum absolute atomic E-state index is 0.0714. The summed E-state index contributed by atoms with van der Waals surface area (Å²) in [5, 5.41) is 4.59. The van der Waals surface area contributed by atoms with E-state index in [-0.39, 0.29) is 23.9 Å². The number of piperidine rings is 1. The molecule has 0 radical (unpaired) electrons. The lowest BCUT2D eigenvalue weighted by molar-refractivity contribution is 0.000360. The molecule has 2 amide bonds. The van der Waals surface area contributed by atoms with Gasteiger partial charge in [0.1, 0.15) is 18.1 Å². The molecule has 0 bridgehead atoms. The summed E-state index contributed by atoms with van der Waals surface area (Å²) in [6.07, 6.45) is 5.24. The molecule has 9 heteroatoms. The Morgan fingerprint density at radius 2 is 1.75 bits per heavy atom. The molecular formula is C31H36F3N5O. The Labute approximate surface area is 233 Å². The van der Waals surface area contributed by atoms with Crippen molar-refractivity contribution in [2.24, 2.45) is 0 Å². The van der Waals surface area contributed by atoms with E-state index in [1.807, 2.05) is 36.9 Å². The third-order valence-corrected chi connectivity index (χ3v) is 8.53. The van der Waals surface area contributed by atoms with Crippen LogP contribution in [-0.4, -0.2) is 45.8 Å². The summed E-state index contributed by atoms with van der Waals surface area (Å²) in [6.45, 7) is 5.78. The van der Waals surface area contributed by atoms with Gasteiger partial charge in [0.05, 0.1) is 24.0 Å². The lowest BCUT2D eigenvalue weighted by Gasteiger charge is -2.46. The molecule has 2 aromatic carbocycles. The molecule has 1 atom stereocenters. The first kappa shape index (κ1) is 26.7. The molecule has 6 rings (SSSR count). The fourth-order valence-electron chi connectivity index (χ4n) is 6.49. The van der Waals surface area contributed by atoms with Crippen LogP contribution in [0.4, 0.5) is 29.3 Å². The minimum atomic E-state index is -2.93. The van der Waals surface area contributed by atoms with Gasteiger partial charge in [-0.1, -0.05) is 36.4 Å². The maximum absolute atomic E-state index is 14.7. The summed E-state index contributed by atoms with van der Waals surface area (Å²) in [5.41, 5.74) is 5.09. The molecule has 40 heavy (non-hydrogen) atoms. The zero-order valence-corrected chi connectivity index (χ0v) is 23.3. The number of fused-ring (bicyclic) bond motifs is 1. The van der Waals surface area contributed by atoms with Gasteiger partial charge >= 0.3 is 6.03 Å². The minimum Gasteiger partial charge on any atom is -0.369 e. The van der Waals surface area contributed by atoms with Crippen molar-refractivity contribution in [3.8, 4) is 0 Å². The van der Waals surface area contributed by atoms with Crippen LogP contribution in [0.5, 0.6) is 0 Å². The highest BCUT2D eigenvalue weighted by molar-refractivity contribution is 5.95. The molecule has 6 nitrogen and oxygen atoms in total. The van der Waals surface area contributed by atoms with Crippen molar-refractivity contribution >= 4 is 17.4 Å². The number of aryl methyl sites for hydroxylation is 1. The zero-order valence-electron chi connectivity index (χ0n) is 23.3. The number of halogens is 3. The van der Waals surface area contributed by atoms with Crippen LogP contribution in [0.15, 0.2) is 48.7 Å². The van der Waals surface area contributed by atoms with E-state index in [0.717, 1.165) is 30.9 Å². The summed E-state index contributed by atoms with van der Waals surface area (Å²) in [7, 11) is 0. The van der Waals surface area contributed by atoms with E-state index >= 15 is 0 Å². The standard InChI is InChI=1S/C31H36F3N5O/c1-20-7-6-10-26(32)29(20)36-15-13-24(14-16-36)39-21(2)28-27(18-37(35-28)19-31(3,33)34)38(30(39)40)17-23-8-4-5-9-25(23)22-11-12-22/h4-10,18,21-22,24H,11-17,19H2,1-3H3/t21-/m0/s1. The molecule has 0 N–H and O–H groups in total. The van der Waals surface area contributed by atoms with Crippen molar-refractivity contribution in [1.29, 1.82) is 0 Å². The Morgan fingerprint density at radius 3 is 2.42 bits per heavy atom. The summed E-state index contributed by atoms with van der Waals surface area (Å²) >= 11 is 0. The third-order valence-electron chi connectivity index (χ3n) is 8.53. The van der Waals surface area contributed by atoms with Crippen LogP contribution in [0.3, 0.4) is 0 Å². The first-order valence-corrected chi connectivity index (χ1v) is 14.2. The van der Waals surface area contributed by atoms with Crippen LogP contribution in [-0.2, 0) is 13.1 Å². The molecule has 1 aliphatic carbocycles. The largest absolute Gasteiger partial charge is 0.369 e. The highest BCUT2D eigenvalue weighted by atomic mass is 19.3. The number of alkyl halides is 2. The maximum atomic E-state index is 14.7. The lowest BCUT2D eigenvalue weighted by Crippen LogP contribution is -2.55. The van der Waals surface area contributed by atoms with Crippen molar-refractivity contribution in [2.45, 2.75) is 83.5 Å². The maximum Gasteiger partial charge on any atom is 0.325 e. The van der Waals surface area contributed by atoms with Crippen LogP contribution < -0.4 is 9.80 Å². The van der Waals surface area contributed by atoms with Gasteiger partial charge in [-0.15, -0.1) is 0 Å². The van der Waals surface area contributed by atoms with E-state index in [2.05, 4.69) is 22.1 Å². The van der Waals surface area contributed by atoms with Crippen molar-refractivity contribution in [1.82, 2.24) is 14.7 Å². The lowest BCUT2D eigenvalue weighted by atomic mass is 9.97. The van der Waals surface area contributed by atoms with Gasteiger partial charge in [-0.2, -0.15) is 5.10 Å². The second-order valence-electron chi connectivity index (χ2n) is 11.7. The molecule has 212 valence electrons. The van der Waals surface area contributed by atoms with E-state index in [0.29, 0.717) is 55.5 Å². The number of anilines is 2. The summed E-state index contributed by atoms with van der Waals surface area (Å²) in [6, 6.07) is 12.8. The SMILES string of the molecule is Cc1cccc(F)c1N1CCC(N2C(=O)N(Cc3ccccc3C3CC3)c3cn(CC(C)(F)F)nc3[C@@H]2C)CC1. The molecule has 1 saturated heterocycles. The zero-order chi connectivity index (χ0) is 28.2. The van der Waals surface area contributed by atoms with Crippen LogP contribution in [0.25, 0.3) is 0 Å². The first-order valence-electron chi connectivity index (χ1n) is 14.2. The summed E-state index contributed by atoms with van der Waals surface area (Å²) in [4.78, 5) is 19.9. The monoisotopic (exact) mass is 551 g/mol. The van der Waals surface area contributed by atoms with E-state index < -0.39 is 12.5 Å². The van der Waals surface area contributed by atoms with Gasteiger partial charge in [0, 0.05) is 32.3 Å². The Morgan fingerprint density at radius 1 is 1.02 bits per heavy atom. The smallest absolute Gasteiger partial charge is 0.325 e. The van der Waals surface area contributed by atoms with Crippen LogP contribution in [0.2, 0.25) is 0 Å². The number of aromatic nitrogens is 2. The van der Waals surface area contributed by atoms with Crippen molar-refractivity contribution < 1.29 is 18.0 Å². The number of benzene rings is 2. The van der Waals surface area contributed by atoms with Crippen molar-refractivity contribution in [3.05, 3.63) is 76.9 Å². The topological polar surface area (TPSA) is 44.6 Å². The van der Waals surface area contributed by atoms with E-state index in [1.165, 1.54) is 16.3 Å². The fraction of sp³-hybridized carbons (Fsp3) is 0.484. The van der Waals surface area contributed by atoms with Crippen LogP contribution >= 0.6 is 0 Å². The molecule has 2 fully saturated rings. The van der Waals surface area contributed by atoms with Gasteiger partial charge in [-0.25, -0.2) is 18.0 Å². The predicted molar refractivity (Wildman–Crippen MR) is 149 cm³/mol. The van der Waals surface area contributed by atoms with E-state index in [9.17, 15) is 18.0 Å². The van der Waals surface area contributed by atoms with Crippen molar-refractivity contribution in [3.63, 3.8) is 0 Å². The summed E-state index contributed by atoms with van der Waals surface area (Å²) < 4.78 is 43.9. The van der Waals surface area contributed by atoms with E-state index in [1.54, 1.807) is 17.2 Å². The quantitative estimate of drug-likeness (QED) is 0.317. The normalized spacial score (nSPS) is 20.3. The Hall–Kier alpha value is -3.49. The third kappa shape index (κ3) is 5.06. The van der Waals surface area contributed by atoms with Gasteiger partial charge in [0.2, 0.25) is 0 Å². The van der Waals surface area contributed by atoms with Gasteiger partial charge in [-0.05, 0) is 68.2 Å². The van der Waals surface area contributed by atoms with Crippen LogP contribution in [0, 0.1) is 12.7 Å². The van der Waals surface area contributed by atoms with E-state index in [4.69, 9.17) is 0 Å². The fourth-order valence-corrected chi connectivity index (χ4v) is 6.49. The molecule has 0 spiro atoms. The number of hydrogen-bond acceptors (Lipinski definition) is 3. The first-order chi connectivity index (χ1) is 19.1.